The van der Waals surface area contributed by atoms with Gasteiger partial charge in [-0.1, -0.05) is 78.0 Å². The fraction of sp³-hybridized carbons (Fsp3) is 0.208. The smallest absolute Gasteiger partial charge is 0.161 e. The topological polar surface area (TPSA) is 42.8 Å². The number of ether oxygens (including phenoxy) is 2. The third-order valence-electron chi connectivity index (χ3n) is 4.62. The Kier molecular flexibility index (Phi) is 6.06. The number of hydrogen-bond acceptors (Lipinski definition) is 5. The van der Waals surface area contributed by atoms with Crippen molar-refractivity contribution in [3.63, 3.8) is 0 Å². The van der Waals surface area contributed by atoms with Crippen LogP contribution in [0, 0.1) is 6.92 Å². The molecule has 0 fully saturated rings. The largest absolute Gasteiger partial charge is 0.490 e. The van der Waals surface area contributed by atoms with Gasteiger partial charge < -0.3 is 9.47 Å². The van der Waals surface area contributed by atoms with E-state index >= 15 is 0 Å². The van der Waals surface area contributed by atoms with Crippen LogP contribution >= 0.6 is 11.8 Å². The van der Waals surface area contributed by atoms with Gasteiger partial charge in [0.15, 0.2) is 11.5 Å². The maximum absolute atomic E-state index is 6.04. The van der Waals surface area contributed by atoms with Crippen molar-refractivity contribution in [1.82, 2.24) is 5.43 Å². The second-order valence-corrected chi connectivity index (χ2v) is 7.92. The van der Waals surface area contributed by atoms with Crippen LogP contribution in [0.25, 0.3) is 0 Å². The minimum absolute atomic E-state index is 0.0514. The number of nitrogens with one attached hydrogen (secondary N) is 1. The molecular formula is C24H24N2O2S. The average molecular weight is 405 g/mol. The molecule has 1 heterocycles. The first kappa shape index (κ1) is 19.4. The Labute approximate surface area is 175 Å². The van der Waals surface area contributed by atoms with Crippen LogP contribution in [0.2, 0.25) is 0 Å². The highest BCUT2D eigenvalue weighted by Crippen LogP contribution is 2.38. The zero-order chi connectivity index (χ0) is 20.1. The summed E-state index contributed by atoms with van der Waals surface area (Å²) >= 11 is 1.70. The molecule has 3 aromatic rings. The molecule has 148 valence electrons. The van der Waals surface area contributed by atoms with Crippen molar-refractivity contribution in [2.75, 3.05) is 6.61 Å². The summed E-state index contributed by atoms with van der Waals surface area (Å²) in [7, 11) is 0. The molecule has 1 aliphatic heterocycles. The van der Waals surface area contributed by atoms with Gasteiger partial charge >= 0.3 is 0 Å². The van der Waals surface area contributed by atoms with E-state index in [9.17, 15) is 0 Å². The van der Waals surface area contributed by atoms with Crippen molar-refractivity contribution in [3.05, 3.63) is 95.1 Å². The summed E-state index contributed by atoms with van der Waals surface area (Å²) < 4.78 is 11.9. The molecule has 0 bridgehead atoms. The maximum atomic E-state index is 6.04. The van der Waals surface area contributed by atoms with Gasteiger partial charge in [-0.3, -0.25) is 5.43 Å². The molecule has 3 aromatic carbocycles. The summed E-state index contributed by atoms with van der Waals surface area (Å²) in [6.45, 7) is 5.16. The number of benzene rings is 3. The molecule has 4 nitrogen and oxygen atoms in total. The average Bonchev–Trinajstić information content (AvgIpc) is 3.25. The Hall–Kier alpha value is -2.92. The normalized spacial score (nSPS) is 15.5. The predicted molar refractivity (Wildman–Crippen MR) is 120 cm³/mol. The van der Waals surface area contributed by atoms with Crippen LogP contribution in [0.5, 0.6) is 11.5 Å². The van der Waals surface area contributed by atoms with Gasteiger partial charge in [-0.05, 0) is 37.1 Å². The number of thioether (sulfide) groups is 1. The molecule has 0 unspecified atom stereocenters. The Bertz CT molecular complexity index is 988. The Balaban J connectivity index is 1.47. The lowest BCUT2D eigenvalue weighted by Gasteiger charge is -2.16. The van der Waals surface area contributed by atoms with Crippen molar-refractivity contribution < 1.29 is 9.47 Å². The number of hydrogen-bond donors (Lipinski definition) is 1. The molecular weight excluding hydrogens is 380 g/mol. The monoisotopic (exact) mass is 404 g/mol. The van der Waals surface area contributed by atoms with Crippen LogP contribution in [-0.4, -0.2) is 11.7 Å². The Morgan fingerprint density at radius 1 is 0.931 bits per heavy atom. The first-order valence-electron chi connectivity index (χ1n) is 9.73. The highest BCUT2D eigenvalue weighted by molar-refractivity contribution is 8.14. The van der Waals surface area contributed by atoms with Gasteiger partial charge in [0.05, 0.1) is 6.61 Å². The molecule has 0 amide bonds. The van der Waals surface area contributed by atoms with Crippen LogP contribution in [0.15, 0.2) is 77.9 Å². The molecule has 1 atom stereocenters. The zero-order valence-corrected chi connectivity index (χ0v) is 17.4. The van der Waals surface area contributed by atoms with Crippen molar-refractivity contribution in [1.29, 1.82) is 0 Å². The fourth-order valence-corrected chi connectivity index (χ4v) is 4.05. The number of rotatable bonds is 7. The Morgan fingerprint density at radius 2 is 1.72 bits per heavy atom. The zero-order valence-electron chi connectivity index (χ0n) is 16.6. The SMILES string of the molecule is CCOc1cc([C@H]2NN=C(c3ccccc3)S2)ccc1OCc1ccc(C)cc1. The second-order valence-electron chi connectivity index (χ2n) is 6.82. The molecule has 1 N–H and O–H groups in total. The Morgan fingerprint density at radius 3 is 2.48 bits per heavy atom. The van der Waals surface area contributed by atoms with Gasteiger partial charge in [-0.2, -0.15) is 5.10 Å². The van der Waals surface area contributed by atoms with Gasteiger partial charge in [0, 0.05) is 5.56 Å². The van der Waals surface area contributed by atoms with Crippen molar-refractivity contribution in [2.45, 2.75) is 25.8 Å². The van der Waals surface area contributed by atoms with Crippen LogP contribution in [0.1, 0.15) is 34.6 Å². The summed E-state index contributed by atoms with van der Waals surface area (Å²) in [6.07, 6.45) is 0. The highest BCUT2D eigenvalue weighted by Gasteiger charge is 2.23. The molecule has 4 rings (SSSR count). The maximum Gasteiger partial charge on any atom is 0.161 e. The summed E-state index contributed by atoms with van der Waals surface area (Å²) in [6, 6.07) is 24.7. The van der Waals surface area contributed by atoms with Crippen LogP contribution in [0.3, 0.4) is 0 Å². The van der Waals surface area contributed by atoms with E-state index < -0.39 is 0 Å². The summed E-state index contributed by atoms with van der Waals surface area (Å²) in [5.41, 5.74) is 7.83. The number of hydrazone groups is 1. The molecule has 0 saturated carbocycles. The van der Waals surface area contributed by atoms with E-state index in [4.69, 9.17) is 9.47 Å². The van der Waals surface area contributed by atoms with E-state index in [1.807, 2.05) is 37.3 Å². The molecule has 0 aromatic heterocycles. The van der Waals surface area contributed by atoms with Crippen LogP contribution in [-0.2, 0) is 6.61 Å². The molecule has 1 aliphatic rings. The van der Waals surface area contributed by atoms with Gasteiger partial charge in [0.1, 0.15) is 17.0 Å². The number of nitrogens with zero attached hydrogens (tertiary/aromatic N) is 1. The quantitative estimate of drug-likeness (QED) is 0.551. The fourth-order valence-electron chi connectivity index (χ4n) is 3.06. The highest BCUT2D eigenvalue weighted by atomic mass is 32.2. The lowest BCUT2D eigenvalue weighted by molar-refractivity contribution is 0.269. The third-order valence-corrected chi connectivity index (χ3v) is 5.78. The van der Waals surface area contributed by atoms with E-state index in [2.05, 4.69) is 59.9 Å². The molecule has 0 saturated heterocycles. The summed E-state index contributed by atoms with van der Waals surface area (Å²) in [5, 5.41) is 5.55. The molecule has 29 heavy (non-hydrogen) atoms. The molecule has 5 heteroatoms. The van der Waals surface area contributed by atoms with E-state index in [-0.39, 0.29) is 5.37 Å². The lowest BCUT2D eigenvalue weighted by Crippen LogP contribution is -2.07. The van der Waals surface area contributed by atoms with Crippen molar-refractivity contribution in [3.8, 4) is 11.5 Å². The standard InChI is InChI=1S/C24H24N2O2S/c1-3-27-22-15-20(24-26-25-23(29-24)19-7-5-4-6-8-19)13-14-21(22)28-16-18-11-9-17(2)10-12-18/h4-15,24,26H,3,16H2,1-2H3/t24-/m0/s1. The summed E-state index contributed by atoms with van der Waals surface area (Å²) in [5.74, 6) is 1.51. The van der Waals surface area contributed by atoms with Gasteiger partial charge in [-0.15, -0.1) is 0 Å². The van der Waals surface area contributed by atoms with E-state index in [1.165, 1.54) is 5.56 Å². The van der Waals surface area contributed by atoms with Crippen molar-refractivity contribution in [2.24, 2.45) is 5.10 Å². The first-order chi connectivity index (χ1) is 14.2. The second kappa shape index (κ2) is 9.05. The van der Waals surface area contributed by atoms with Crippen LogP contribution in [0.4, 0.5) is 0 Å². The van der Waals surface area contributed by atoms with E-state index in [1.54, 1.807) is 11.8 Å². The van der Waals surface area contributed by atoms with Crippen LogP contribution < -0.4 is 14.9 Å². The molecule has 0 radical (unpaired) electrons. The number of aryl methyl sites for hydroxylation is 1. The molecule has 0 spiro atoms. The van der Waals surface area contributed by atoms with Gasteiger partial charge in [-0.25, -0.2) is 0 Å². The lowest BCUT2D eigenvalue weighted by atomic mass is 10.1. The third kappa shape index (κ3) is 4.74. The van der Waals surface area contributed by atoms with Gasteiger partial charge in [0.2, 0.25) is 0 Å². The van der Waals surface area contributed by atoms with Crippen molar-refractivity contribution >= 4 is 16.8 Å². The van der Waals surface area contributed by atoms with Gasteiger partial charge in [0.25, 0.3) is 0 Å². The van der Waals surface area contributed by atoms with E-state index in [0.717, 1.165) is 33.2 Å². The predicted octanol–water partition coefficient (Wildman–Crippen LogP) is 5.67. The molecule has 0 aliphatic carbocycles. The minimum Gasteiger partial charge on any atom is -0.490 e. The van der Waals surface area contributed by atoms with E-state index in [0.29, 0.717) is 13.2 Å². The summed E-state index contributed by atoms with van der Waals surface area (Å²) in [4.78, 5) is 0. The minimum atomic E-state index is 0.0514. The first-order valence-corrected chi connectivity index (χ1v) is 10.6.